The van der Waals surface area contributed by atoms with Crippen LogP contribution in [0, 0.1) is 5.92 Å². The van der Waals surface area contributed by atoms with Crippen LogP contribution in [0.3, 0.4) is 0 Å². The van der Waals surface area contributed by atoms with E-state index in [1.807, 2.05) is 48.5 Å². The van der Waals surface area contributed by atoms with Gasteiger partial charge in [-0.25, -0.2) is 0 Å². The number of methoxy groups -OCH3 is 1. The molecule has 0 heterocycles. The molecule has 0 unspecified atom stereocenters. The number of hydrogen-bond acceptors (Lipinski definition) is 5. The van der Waals surface area contributed by atoms with Crippen molar-refractivity contribution in [2.45, 2.75) is 38.8 Å². The molecule has 160 valence electrons. The third-order valence-electron chi connectivity index (χ3n) is 5.34. The van der Waals surface area contributed by atoms with Gasteiger partial charge in [-0.15, -0.1) is 0 Å². The standard InChI is InChI=1S/C24H29NO5/c1-25(23(26)17-30-24(27)20-10-6-7-11-20)15-19-12-13-21(22(14-19)28-2)29-16-18-8-4-3-5-9-18/h3-5,8-9,12-14,20H,6-7,10-11,15-17H2,1-2H3. The smallest absolute Gasteiger partial charge is 0.309 e. The number of benzene rings is 2. The number of nitrogens with zero attached hydrogens (tertiary/aromatic N) is 1. The lowest BCUT2D eigenvalue weighted by Crippen LogP contribution is -2.31. The van der Waals surface area contributed by atoms with E-state index in [0.29, 0.717) is 24.7 Å². The van der Waals surface area contributed by atoms with E-state index in [1.165, 1.54) is 0 Å². The summed E-state index contributed by atoms with van der Waals surface area (Å²) >= 11 is 0. The predicted molar refractivity (Wildman–Crippen MR) is 113 cm³/mol. The number of rotatable bonds is 9. The Bertz CT molecular complexity index is 846. The monoisotopic (exact) mass is 411 g/mol. The van der Waals surface area contributed by atoms with Gasteiger partial charge in [0.05, 0.1) is 13.0 Å². The maximum Gasteiger partial charge on any atom is 0.309 e. The van der Waals surface area contributed by atoms with Crippen LogP contribution in [0.4, 0.5) is 0 Å². The second kappa shape index (κ2) is 10.7. The minimum atomic E-state index is -0.254. The van der Waals surface area contributed by atoms with E-state index in [1.54, 1.807) is 19.1 Å². The van der Waals surface area contributed by atoms with Gasteiger partial charge in [0.15, 0.2) is 18.1 Å². The Hall–Kier alpha value is -3.02. The van der Waals surface area contributed by atoms with Crippen LogP contribution < -0.4 is 9.47 Å². The first-order chi connectivity index (χ1) is 14.6. The molecule has 2 aromatic rings. The van der Waals surface area contributed by atoms with Crippen LogP contribution >= 0.6 is 0 Å². The highest BCUT2D eigenvalue weighted by molar-refractivity contribution is 5.81. The molecule has 0 aliphatic heterocycles. The number of hydrogen-bond donors (Lipinski definition) is 0. The third-order valence-corrected chi connectivity index (χ3v) is 5.34. The fourth-order valence-corrected chi connectivity index (χ4v) is 3.55. The van der Waals surface area contributed by atoms with Crippen molar-refractivity contribution in [3.63, 3.8) is 0 Å². The SMILES string of the molecule is COc1cc(CN(C)C(=O)COC(=O)C2CCCC2)ccc1OCc1ccccc1. The maximum absolute atomic E-state index is 12.3. The van der Waals surface area contributed by atoms with Crippen LogP contribution in [0.1, 0.15) is 36.8 Å². The second-order valence-corrected chi connectivity index (χ2v) is 7.60. The summed E-state index contributed by atoms with van der Waals surface area (Å²) in [5.41, 5.74) is 1.97. The Morgan fingerprint density at radius 3 is 2.43 bits per heavy atom. The van der Waals surface area contributed by atoms with E-state index in [2.05, 4.69) is 0 Å². The van der Waals surface area contributed by atoms with Crippen LogP contribution in [-0.4, -0.2) is 37.5 Å². The van der Waals surface area contributed by atoms with E-state index in [-0.39, 0.29) is 24.4 Å². The normalized spacial score (nSPS) is 13.7. The number of esters is 1. The van der Waals surface area contributed by atoms with E-state index < -0.39 is 0 Å². The van der Waals surface area contributed by atoms with Crippen LogP contribution in [0.15, 0.2) is 48.5 Å². The molecule has 1 fully saturated rings. The summed E-state index contributed by atoms with van der Waals surface area (Å²) in [5, 5.41) is 0. The average Bonchev–Trinajstić information content (AvgIpc) is 3.32. The molecule has 0 spiro atoms. The van der Waals surface area contributed by atoms with Crippen molar-refractivity contribution < 1.29 is 23.8 Å². The number of likely N-dealkylation sites (N-methyl/N-ethyl adjacent to an activating group) is 1. The number of amides is 1. The van der Waals surface area contributed by atoms with Gasteiger partial charge in [-0.2, -0.15) is 0 Å². The number of carbonyl (C=O) groups excluding carboxylic acids is 2. The molecular formula is C24H29NO5. The first kappa shape index (κ1) is 21.7. The van der Waals surface area contributed by atoms with Gasteiger partial charge in [0.1, 0.15) is 6.61 Å². The molecule has 1 amide bonds. The molecule has 2 aromatic carbocycles. The quantitative estimate of drug-likeness (QED) is 0.584. The number of carbonyl (C=O) groups is 2. The summed E-state index contributed by atoms with van der Waals surface area (Å²) in [6.07, 6.45) is 3.84. The Kier molecular flexibility index (Phi) is 7.71. The van der Waals surface area contributed by atoms with Crippen molar-refractivity contribution in [1.82, 2.24) is 4.90 Å². The zero-order chi connectivity index (χ0) is 21.3. The predicted octanol–water partition coefficient (Wildman–Crippen LogP) is 3.97. The van der Waals surface area contributed by atoms with Crippen molar-refractivity contribution in [3.8, 4) is 11.5 Å². The Balaban J connectivity index is 1.52. The molecular weight excluding hydrogens is 382 g/mol. The van der Waals surface area contributed by atoms with Crippen molar-refractivity contribution in [1.29, 1.82) is 0 Å². The van der Waals surface area contributed by atoms with E-state index in [4.69, 9.17) is 14.2 Å². The van der Waals surface area contributed by atoms with Crippen LogP contribution in [0.25, 0.3) is 0 Å². The van der Waals surface area contributed by atoms with Crippen molar-refractivity contribution in [2.75, 3.05) is 20.8 Å². The Labute approximate surface area is 177 Å². The van der Waals surface area contributed by atoms with Gasteiger partial charge in [-0.1, -0.05) is 49.2 Å². The van der Waals surface area contributed by atoms with Gasteiger partial charge in [-0.3, -0.25) is 9.59 Å². The summed E-state index contributed by atoms with van der Waals surface area (Å²) in [7, 11) is 3.28. The average molecular weight is 411 g/mol. The third kappa shape index (κ3) is 5.99. The van der Waals surface area contributed by atoms with Gasteiger partial charge in [0.2, 0.25) is 0 Å². The number of ether oxygens (including phenoxy) is 3. The molecule has 0 saturated heterocycles. The minimum Gasteiger partial charge on any atom is -0.493 e. The van der Waals surface area contributed by atoms with Gasteiger partial charge in [0, 0.05) is 13.6 Å². The van der Waals surface area contributed by atoms with Crippen LogP contribution in [-0.2, 0) is 27.5 Å². The highest BCUT2D eigenvalue weighted by Gasteiger charge is 2.25. The lowest BCUT2D eigenvalue weighted by atomic mass is 10.1. The van der Waals surface area contributed by atoms with Crippen molar-refractivity contribution >= 4 is 11.9 Å². The molecule has 6 heteroatoms. The largest absolute Gasteiger partial charge is 0.493 e. The summed E-state index contributed by atoms with van der Waals surface area (Å²) in [5.74, 6) is 0.720. The molecule has 0 aromatic heterocycles. The van der Waals surface area contributed by atoms with Crippen LogP contribution in [0.2, 0.25) is 0 Å². The van der Waals surface area contributed by atoms with E-state index in [0.717, 1.165) is 36.8 Å². The Morgan fingerprint density at radius 1 is 1.00 bits per heavy atom. The van der Waals surface area contributed by atoms with Gasteiger partial charge >= 0.3 is 5.97 Å². The summed E-state index contributed by atoms with van der Waals surface area (Å²) in [4.78, 5) is 25.9. The van der Waals surface area contributed by atoms with E-state index in [9.17, 15) is 9.59 Å². The topological polar surface area (TPSA) is 65.1 Å². The lowest BCUT2D eigenvalue weighted by Gasteiger charge is -2.19. The highest BCUT2D eigenvalue weighted by Crippen LogP contribution is 2.29. The fraction of sp³-hybridized carbons (Fsp3) is 0.417. The first-order valence-corrected chi connectivity index (χ1v) is 10.3. The van der Waals surface area contributed by atoms with Gasteiger partial charge in [0.25, 0.3) is 5.91 Å². The summed E-state index contributed by atoms with van der Waals surface area (Å²) < 4.78 is 16.5. The summed E-state index contributed by atoms with van der Waals surface area (Å²) in [6.45, 7) is 0.609. The van der Waals surface area contributed by atoms with E-state index >= 15 is 0 Å². The fourth-order valence-electron chi connectivity index (χ4n) is 3.55. The van der Waals surface area contributed by atoms with Crippen LogP contribution in [0.5, 0.6) is 11.5 Å². The van der Waals surface area contributed by atoms with Crippen molar-refractivity contribution in [3.05, 3.63) is 59.7 Å². The molecule has 6 nitrogen and oxygen atoms in total. The minimum absolute atomic E-state index is 0.0456. The zero-order valence-electron chi connectivity index (χ0n) is 17.6. The lowest BCUT2D eigenvalue weighted by molar-refractivity contribution is -0.155. The molecule has 0 radical (unpaired) electrons. The summed E-state index contributed by atoms with van der Waals surface area (Å²) in [6, 6.07) is 15.5. The molecule has 0 N–H and O–H groups in total. The van der Waals surface area contributed by atoms with Crippen molar-refractivity contribution in [2.24, 2.45) is 5.92 Å². The molecule has 3 rings (SSSR count). The molecule has 0 bridgehead atoms. The first-order valence-electron chi connectivity index (χ1n) is 10.3. The molecule has 1 aliphatic rings. The highest BCUT2D eigenvalue weighted by atomic mass is 16.5. The molecule has 30 heavy (non-hydrogen) atoms. The maximum atomic E-state index is 12.3. The molecule has 1 aliphatic carbocycles. The van der Waals surface area contributed by atoms with Gasteiger partial charge < -0.3 is 19.1 Å². The van der Waals surface area contributed by atoms with Gasteiger partial charge in [-0.05, 0) is 36.1 Å². The zero-order valence-corrected chi connectivity index (χ0v) is 17.6. The molecule has 1 saturated carbocycles. The Morgan fingerprint density at radius 2 is 1.73 bits per heavy atom. The molecule has 0 atom stereocenters. The second-order valence-electron chi connectivity index (χ2n) is 7.60.